The van der Waals surface area contributed by atoms with Gasteiger partial charge in [-0.05, 0) is 31.7 Å². The van der Waals surface area contributed by atoms with Crippen LogP contribution in [0.3, 0.4) is 0 Å². The Morgan fingerprint density at radius 3 is 2.67 bits per heavy atom. The van der Waals surface area contributed by atoms with Gasteiger partial charge in [-0.25, -0.2) is 8.42 Å². The van der Waals surface area contributed by atoms with Crippen molar-refractivity contribution in [1.29, 1.82) is 0 Å². The lowest BCUT2D eigenvalue weighted by Gasteiger charge is -2.19. The lowest BCUT2D eigenvalue weighted by atomic mass is 10.2. The molecule has 0 saturated heterocycles. The molecule has 0 amide bonds. The molecule has 0 N–H and O–H groups in total. The number of nitrogens with zero attached hydrogens (tertiary/aromatic N) is 2. The van der Waals surface area contributed by atoms with Gasteiger partial charge in [-0.3, -0.25) is 10.1 Å². The summed E-state index contributed by atoms with van der Waals surface area (Å²) in [6.45, 7) is 1.91. The topological polar surface area (TPSA) is 80.5 Å². The van der Waals surface area contributed by atoms with Crippen molar-refractivity contribution in [3.63, 3.8) is 0 Å². The average Bonchev–Trinajstić information content (AvgIpc) is 3.22. The van der Waals surface area contributed by atoms with E-state index in [9.17, 15) is 18.5 Å². The fourth-order valence-electron chi connectivity index (χ4n) is 2.03. The summed E-state index contributed by atoms with van der Waals surface area (Å²) >= 11 is 0. The van der Waals surface area contributed by atoms with Crippen molar-refractivity contribution >= 4 is 15.7 Å². The van der Waals surface area contributed by atoms with Gasteiger partial charge in [-0.15, -0.1) is 6.42 Å². The molecule has 0 bridgehead atoms. The van der Waals surface area contributed by atoms with Gasteiger partial charge < -0.3 is 0 Å². The minimum atomic E-state index is -3.80. The number of rotatable bonds is 6. The average molecular weight is 308 g/mol. The Kier molecular flexibility index (Phi) is 4.30. The highest BCUT2D eigenvalue weighted by atomic mass is 32.2. The maximum Gasteiger partial charge on any atom is 0.273 e. The third-order valence-electron chi connectivity index (χ3n) is 3.44. The van der Waals surface area contributed by atoms with E-state index in [1.54, 1.807) is 6.92 Å². The maximum atomic E-state index is 12.6. The molecule has 0 unspecified atom stereocenters. The normalized spacial score (nSPS) is 14.9. The molecule has 112 valence electrons. The predicted molar refractivity (Wildman–Crippen MR) is 78.1 cm³/mol. The van der Waals surface area contributed by atoms with Crippen molar-refractivity contribution in [2.24, 2.45) is 5.92 Å². The molecule has 1 aliphatic rings. The molecule has 1 saturated carbocycles. The van der Waals surface area contributed by atoms with Gasteiger partial charge in [-0.1, -0.05) is 12.0 Å². The second kappa shape index (κ2) is 5.84. The van der Waals surface area contributed by atoms with E-state index < -0.39 is 14.9 Å². The zero-order valence-corrected chi connectivity index (χ0v) is 12.5. The first-order chi connectivity index (χ1) is 9.86. The zero-order chi connectivity index (χ0) is 15.6. The first kappa shape index (κ1) is 15.5. The molecular formula is C14H16N2O4S. The van der Waals surface area contributed by atoms with Crippen LogP contribution in [0.5, 0.6) is 0 Å². The fourth-order valence-corrected chi connectivity index (χ4v) is 3.48. The molecular weight excluding hydrogens is 292 g/mol. The van der Waals surface area contributed by atoms with Gasteiger partial charge in [-0.2, -0.15) is 4.31 Å². The lowest BCUT2D eigenvalue weighted by molar-refractivity contribution is -0.385. The Hall–Kier alpha value is -1.91. The van der Waals surface area contributed by atoms with Gasteiger partial charge in [0.15, 0.2) is 0 Å². The van der Waals surface area contributed by atoms with E-state index in [2.05, 4.69) is 5.92 Å². The highest BCUT2D eigenvalue weighted by Crippen LogP contribution is 2.32. The predicted octanol–water partition coefficient (Wildman–Crippen LogP) is 1.94. The highest BCUT2D eigenvalue weighted by molar-refractivity contribution is 7.89. The highest BCUT2D eigenvalue weighted by Gasteiger charge is 2.32. The van der Waals surface area contributed by atoms with Crippen molar-refractivity contribution in [3.05, 3.63) is 33.9 Å². The Labute approximate surface area is 124 Å². The number of hydrogen-bond acceptors (Lipinski definition) is 4. The van der Waals surface area contributed by atoms with Crippen LogP contribution in [0.15, 0.2) is 23.1 Å². The molecule has 1 aliphatic carbocycles. The van der Waals surface area contributed by atoms with Crippen LogP contribution in [0.1, 0.15) is 18.4 Å². The number of benzene rings is 1. The molecule has 0 heterocycles. The van der Waals surface area contributed by atoms with Gasteiger partial charge in [0.2, 0.25) is 10.0 Å². The van der Waals surface area contributed by atoms with Crippen LogP contribution < -0.4 is 0 Å². The number of nitro benzene ring substituents is 1. The number of hydrogen-bond donors (Lipinski definition) is 0. The van der Waals surface area contributed by atoms with Crippen molar-refractivity contribution in [1.82, 2.24) is 4.31 Å². The van der Waals surface area contributed by atoms with E-state index in [4.69, 9.17) is 6.42 Å². The molecule has 0 aliphatic heterocycles. The van der Waals surface area contributed by atoms with Gasteiger partial charge in [0.25, 0.3) is 5.69 Å². The molecule has 6 nitrogen and oxygen atoms in total. The van der Waals surface area contributed by atoms with E-state index in [0.29, 0.717) is 18.0 Å². The third kappa shape index (κ3) is 3.40. The molecule has 0 spiro atoms. The molecule has 21 heavy (non-hydrogen) atoms. The fraction of sp³-hybridized carbons (Fsp3) is 0.429. The van der Waals surface area contributed by atoms with Gasteiger partial charge >= 0.3 is 0 Å². The number of terminal acetylenes is 1. The van der Waals surface area contributed by atoms with Crippen molar-refractivity contribution in [3.8, 4) is 12.3 Å². The summed E-state index contributed by atoms with van der Waals surface area (Å²) in [6.07, 6.45) is 7.22. The van der Waals surface area contributed by atoms with E-state index in [-0.39, 0.29) is 17.1 Å². The SMILES string of the molecule is C#CCN(CC1CC1)S(=O)(=O)c1ccc(C)c([N+](=O)[O-])c1. The van der Waals surface area contributed by atoms with Crippen LogP contribution in [0.25, 0.3) is 0 Å². The standard InChI is InChI=1S/C14H16N2O4S/c1-3-8-15(10-12-5-6-12)21(19,20)13-7-4-11(2)14(9-13)16(17)18/h1,4,7,9,12H,5-6,8,10H2,2H3. The van der Waals surface area contributed by atoms with Crippen LogP contribution in [-0.4, -0.2) is 30.7 Å². The third-order valence-corrected chi connectivity index (χ3v) is 5.25. The minimum absolute atomic E-state index is 0.0273. The zero-order valence-electron chi connectivity index (χ0n) is 11.7. The van der Waals surface area contributed by atoms with Crippen molar-refractivity contribution in [2.75, 3.05) is 13.1 Å². The number of sulfonamides is 1. The van der Waals surface area contributed by atoms with E-state index in [1.165, 1.54) is 16.4 Å². The van der Waals surface area contributed by atoms with Crippen LogP contribution in [0, 0.1) is 35.3 Å². The smallest absolute Gasteiger partial charge is 0.258 e. The summed E-state index contributed by atoms with van der Waals surface area (Å²) < 4.78 is 26.4. The van der Waals surface area contributed by atoms with Crippen LogP contribution in [-0.2, 0) is 10.0 Å². The first-order valence-electron chi connectivity index (χ1n) is 6.55. The Bertz CT molecular complexity index is 702. The van der Waals surface area contributed by atoms with Gasteiger partial charge in [0.05, 0.1) is 16.4 Å². The Balaban J connectivity index is 2.39. The molecule has 2 rings (SSSR count). The largest absolute Gasteiger partial charge is 0.273 e. The summed E-state index contributed by atoms with van der Waals surface area (Å²) in [4.78, 5) is 10.3. The Morgan fingerprint density at radius 2 is 2.14 bits per heavy atom. The number of nitro groups is 1. The van der Waals surface area contributed by atoms with Crippen LogP contribution >= 0.6 is 0 Å². The van der Waals surface area contributed by atoms with E-state index >= 15 is 0 Å². The molecule has 1 aromatic rings. The van der Waals surface area contributed by atoms with E-state index in [0.717, 1.165) is 18.9 Å². The molecule has 0 radical (unpaired) electrons. The summed E-state index contributed by atoms with van der Waals surface area (Å²) in [5.74, 6) is 2.68. The molecule has 0 aromatic heterocycles. The van der Waals surface area contributed by atoms with Gasteiger partial charge in [0.1, 0.15) is 0 Å². The maximum absolute atomic E-state index is 12.6. The Morgan fingerprint density at radius 1 is 1.48 bits per heavy atom. The quantitative estimate of drug-likeness (QED) is 0.457. The molecule has 1 aromatic carbocycles. The monoisotopic (exact) mass is 308 g/mol. The van der Waals surface area contributed by atoms with Crippen molar-refractivity contribution in [2.45, 2.75) is 24.7 Å². The summed E-state index contributed by atoms with van der Waals surface area (Å²) in [7, 11) is -3.80. The van der Waals surface area contributed by atoms with Gasteiger partial charge in [0, 0.05) is 18.2 Å². The number of aryl methyl sites for hydroxylation is 1. The minimum Gasteiger partial charge on any atom is -0.258 e. The molecule has 0 atom stereocenters. The van der Waals surface area contributed by atoms with Crippen LogP contribution in [0.4, 0.5) is 5.69 Å². The molecule has 1 fully saturated rings. The lowest BCUT2D eigenvalue weighted by Crippen LogP contribution is -2.33. The molecule has 7 heteroatoms. The summed E-state index contributed by atoms with van der Waals surface area (Å²) in [5.41, 5.74) is 0.216. The second-order valence-electron chi connectivity index (χ2n) is 5.15. The summed E-state index contributed by atoms with van der Waals surface area (Å²) in [6, 6.07) is 3.92. The second-order valence-corrected chi connectivity index (χ2v) is 7.09. The first-order valence-corrected chi connectivity index (χ1v) is 7.99. The van der Waals surface area contributed by atoms with Crippen molar-refractivity contribution < 1.29 is 13.3 Å². The summed E-state index contributed by atoms with van der Waals surface area (Å²) in [5, 5.41) is 10.9. The van der Waals surface area contributed by atoms with E-state index in [1.807, 2.05) is 0 Å². The van der Waals surface area contributed by atoms with Crippen LogP contribution in [0.2, 0.25) is 0 Å².